The minimum Gasteiger partial charge on any atom is -0.445 e. The number of nitrogens with zero attached hydrogens (tertiary/aromatic N) is 1. The quantitative estimate of drug-likeness (QED) is 0.353. The van der Waals surface area contributed by atoms with Gasteiger partial charge >= 0.3 is 58.4 Å². The van der Waals surface area contributed by atoms with Crippen LogP contribution in [0.4, 0.5) is 17.3 Å². The van der Waals surface area contributed by atoms with E-state index in [-0.39, 0.29) is 51.4 Å². The Morgan fingerprint density at radius 3 is 2.20 bits per heavy atom. The Bertz CT molecular complexity index is 384. The summed E-state index contributed by atoms with van der Waals surface area (Å²) < 4.78 is 48.8. The van der Waals surface area contributed by atoms with Gasteiger partial charge in [-0.05, 0) is 6.07 Å². The smallest absolute Gasteiger partial charge is 0.445 e. The molecular formula is C6H4BF4KN2O. The fraction of sp³-hybridized carbons (Fsp3) is 0. The predicted molar refractivity (Wildman–Crippen MR) is 41.4 cm³/mol. The van der Waals surface area contributed by atoms with E-state index in [2.05, 4.69) is 4.98 Å². The molecule has 0 saturated heterocycles. The normalized spacial score (nSPS) is 10.7. The summed E-state index contributed by atoms with van der Waals surface area (Å²) in [6, 6.07) is 1.18. The van der Waals surface area contributed by atoms with E-state index in [1.54, 1.807) is 0 Å². The molecule has 76 valence electrons. The number of carbonyl (C=O) groups is 1. The number of carbonyl (C=O) groups excluding carboxylic acids is 1. The summed E-state index contributed by atoms with van der Waals surface area (Å²) in [6.07, 6.45) is 0. The molecular weight excluding hydrogens is 242 g/mol. The number of rotatable bonds is 2. The number of pyridine rings is 1. The first-order valence-electron chi connectivity index (χ1n) is 3.48. The molecule has 0 aliphatic rings. The molecule has 0 unspecified atom stereocenters. The fourth-order valence-electron chi connectivity index (χ4n) is 0.826. The van der Waals surface area contributed by atoms with Crippen LogP contribution in [-0.4, -0.2) is 17.9 Å². The van der Waals surface area contributed by atoms with E-state index in [0.29, 0.717) is 6.07 Å². The maximum absolute atomic E-state index is 12.7. The average Bonchev–Trinajstić information content (AvgIpc) is 2.01. The van der Waals surface area contributed by atoms with Crippen molar-refractivity contribution >= 4 is 18.3 Å². The molecule has 1 aromatic heterocycles. The Morgan fingerprint density at radius 2 is 1.87 bits per heavy atom. The summed E-state index contributed by atoms with van der Waals surface area (Å²) in [5.41, 5.74) is 2.70. The standard InChI is InChI=1S/C6H4BF4N2O.K/c8-5-3(7(9,10)11)1-2-4(13-5)6(12)14;/h1-2H,(H2,12,14);/q-1;+1. The third-order valence-electron chi connectivity index (χ3n) is 1.48. The second-order valence-electron chi connectivity index (χ2n) is 2.52. The van der Waals surface area contributed by atoms with Crippen LogP contribution in [0.2, 0.25) is 0 Å². The van der Waals surface area contributed by atoms with Crippen LogP contribution < -0.4 is 62.6 Å². The van der Waals surface area contributed by atoms with E-state index in [1.807, 2.05) is 0 Å². The van der Waals surface area contributed by atoms with Crippen molar-refractivity contribution in [3.05, 3.63) is 23.8 Å². The zero-order valence-corrected chi connectivity index (χ0v) is 10.8. The van der Waals surface area contributed by atoms with Gasteiger partial charge in [0.1, 0.15) is 5.69 Å². The van der Waals surface area contributed by atoms with E-state index >= 15 is 0 Å². The van der Waals surface area contributed by atoms with Crippen LogP contribution in [0, 0.1) is 5.95 Å². The molecule has 1 rings (SSSR count). The molecule has 0 atom stereocenters. The number of aromatic nitrogens is 1. The summed E-state index contributed by atoms with van der Waals surface area (Å²) >= 11 is 0. The number of nitrogens with two attached hydrogens (primary N) is 1. The van der Waals surface area contributed by atoms with Crippen LogP contribution in [0.25, 0.3) is 0 Å². The SMILES string of the molecule is NC(=O)c1ccc([B-](F)(F)F)c(F)n1.[K+]. The van der Waals surface area contributed by atoms with Crippen LogP contribution in [0.1, 0.15) is 10.5 Å². The zero-order chi connectivity index (χ0) is 10.9. The van der Waals surface area contributed by atoms with Gasteiger partial charge in [-0.3, -0.25) is 4.79 Å². The maximum Gasteiger partial charge on any atom is 1.00 e. The molecule has 0 radical (unpaired) electrons. The zero-order valence-electron chi connectivity index (χ0n) is 7.68. The molecule has 2 N–H and O–H groups in total. The summed E-state index contributed by atoms with van der Waals surface area (Å²) in [5.74, 6) is -2.81. The third kappa shape index (κ3) is 3.83. The van der Waals surface area contributed by atoms with Crippen molar-refractivity contribution in [1.29, 1.82) is 0 Å². The number of hydrogen-bond acceptors (Lipinski definition) is 2. The molecule has 15 heavy (non-hydrogen) atoms. The first kappa shape index (κ1) is 15.0. The van der Waals surface area contributed by atoms with Crippen molar-refractivity contribution in [1.82, 2.24) is 4.98 Å². The van der Waals surface area contributed by atoms with Crippen LogP contribution >= 0.6 is 0 Å². The molecule has 1 aromatic rings. The predicted octanol–water partition coefficient (Wildman–Crippen LogP) is -2.62. The van der Waals surface area contributed by atoms with Gasteiger partial charge in [-0.2, -0.15) is 4.39 Å². The van der Waals surface area contributed by atoms with Gasteiger partial charge < -0.3 is 18.7 Å². The molecule has 0 bridgehead atoms. The monoisotopic (exact) mass is 246 g/mol. The Hall–Kier alpha value is 0.0413. The molecule has 0 aromatic carbocycles. The van der Waals surface area contributed by atoms with E-state index in [4.69, 9.17) is 5.73 Å². The Balaban J connectivity index is 0.00000196. The van der Waals surface area contributed by atoms with E-state index < -0.39 is 30.0 Å². The minimum atomic E-state index is -5.46. The molecule has 0 fully saturated rings. The fourth-order valence-corrected chi connectivity index (χ4v) is 0.826. The van der Waals surface area contributed by atoms with Gasteiger partial charge in [-0.25, -0.2) is 4.98 Å². The first-order chi connectivity index (χ1) is 6.32. The summed E-state index contributed by atoms with van der Waals surface area (Å²) in [6.45, 7) is -5.46. The van der Waals surface area contributed by atoms with Crippen molar-refractivity contribution < 1.29 is 73.5 Å². The molecule has 0 aliphatic heterocycles. The number of amides is 1. The second-order valence-corrected chi connectivity index (χ2v) is 2.52. The number of primary amides is 1. The van der Waals surface area contributed by atoms with Crippen LogP contribution in [0.15, 0.2) is 12.1 Å². The van der Waals surface area contributed by atoms with Crippen molar-refractivity contribution in [2.24, 2.45) is 5.73 Å². The number of hydrogen-bond donors (Lipinski definition) is 1. The summed E-state index contributed by atoms with van der Waals surface area (Å²) in [4.78, 5) is 13.2. The average molecular weight is 246 g/mol. The number of halogens is 4. The Kier molecular flexibility index (Phi) is 5.41. The van der Waals surface area contributed by atoms with Crippen LogP contribution in [-0.2, 0) is 0 Å². The topological polar surface area (TPSA) is 56.0 Å². The molecule has 1 heterocycles. The van der Waals surface area contributed by atoms with Gasteiger partial charge in [0.2, 0.25) is 0 Å². The second kappa shape index (κ2) is 5.39. The summed E-state index contributed by atoms with van der Waals surface area (Å²) in [5, 5.41) is 0. The van der Waals surface area contributed by atoms with E-state index in [0.717, 1.165) is 6.07 Å². The minimum absolute atomic E-state index is 0. The van der Waals surface area contributed by atoms with Crippen molar-refractivity contribution in [2.75, 3.05) is 0 Å². The van der Waals surface area contributed by atoms with Gasteiger partial charge in [0.15, 0.2) is 5.95 Å². The van der Waals surface area contributed by atoms with Gasteiger partial charge in [0.05, 0.1) is 0 Å². The summed E-state index contributed by atoms with van der Waals surface area (Å²) in [7, 11) is 0. The largest absolute Gasteiger partial charge is 1.00 e. The van der Waals surface area contributed by atoms with Gasteiger partial charge in [-0.15, -0.1) is 0 Å². The van der Waals surface area contributed by atoms with Crippen molar-refractivity contribution in [2.45, 2.75) is 0 Å². The molecule has 3 nitrogen and oxygen atoms in total. The van der Waals surface area contributed by atoms with Crippen LogP contribution in [0.5, 0.6) is 0 Å². The maximum atomic E-state index is 12.7. The van der Waals surface area contributed by atoms with Crippen molar-refractivity contribution in [3.63, 3.8) is 0 Å². The molecule has 1 amide bonds. The Morgan fingerprint density at radius 1 is 1.33 bits per heavy atom. The van der Waals surface area contributed by atoms with Gasteiger partial charge in [0, 0.05) is 0 Å². The van der Waals surface area contributed by atoms with Crippen molar-refractivity contribution in [3.8, 4) is 0 Å². The first-order valence-corrected chi connectivity index (χ1v) is 3.48. The molecule has 0 saturated carbocycles. The van der Waals surface area contributed by atoms with Gasteiger partial charge in [-0.1, -0.05) is 11.5 Å². The molecule has 0 aliphatic carbocycles. The molecule has 0 spiro atoms. The Labute approximate surface area is 125 Å². The van der Waals surface area contributed by atoms with Crippen LogP contribution in [0.3, 0.4) is 0 Å². The van der Waals surface area contributed by atoms with E-state index in [9.17, 15) is 22.1 Å². The van der Waals surface area contributed by atoms with E-state index in [1.165, 1.54) is 0 Å². The van der Waals surface area contributed by atoms with Gasteiger partial charge in [0.25, 0.3) is 5.91 Å². The molecule has 9 heteroatoms. The third-order valence-corrected chi connectivity index (χ3v) is 1.48.